The first-order valence-electron chi connectivity index (χ1n) is 8.92. The highest BCUT2D eigenvalue weighted by Gasteiger charge is 2.52. The normalized spacial score (nSPS) is 19.4. The minimum atomic E-state index is -4.71. The zero-order chi connectivity index (χ0) is 21.4. The number of rotatable bonds is 5. The van der Waals surface area contributed by atoms with Crippen LogP contribution in [0.3, 0.4) is 0 Å². The van der Waals surface area contributed by atoms with E-state index in [2.05, 4.69) is 5.32 Å². The first-order valence-corrected chi connectivity index (χ1v) is 8.92. The van der Waals surface area contributed by atoms with Crippen LogP contribution >= 0.6 is 0 Å². The second-order valence-corrected chi connectivity index (χ2v) is 6.72. The van der Waals surface area contributed by atoms with Gasteiger partial charge in [0.25, 0.3) is 5.91 Å². The van der Waals surface area contributed by atoms with Crippen molar-refractivity contribution in [2.45, 2.75) is 31.5 Å². The molecule has 1 atom stereocenters. The molecule has 0 bridgehead atoms. The molecule has 1 aliphatic heterocycles. The molecule has 1 unspecified atom stereocenters. The minimum Gasteiger partial charge on any atom is -0.497 e. The molecule has 29 heavy (non-hydrogen) atoms. The van der Waals surface area contributed by atoms with Crippen LogP contribution < -0.4 is 20.7 Å². The van der Waals surface area contributed by atoms with Crippen LogP contribution in [0.4, 0.5) is 29.3 Å². The summed E-state index contributed by atoms with van der Waals surface area (Å²) >= 11 is 0. The molecule has 2 aromatic carbocycles. The van der Waals surface area contributed by atoms with Gasteiger partial charge in [-0.25, -0.2) is 9.69 Å². The van der Waals surface area contributed by atoms with Crippen LogP contribution in [-0.2, 0) is 16.5 Å². The van der Waals surface area contributed by atoms with Gasteiger partial charge < -0.3 is 15.8 Å². The van der Waals surface area contributed by atoms with Crippen LogP contribution in [0.15, 0.2) is 42.5 Å². The number of benzene rings is 2. The predicted molar refractivity (Wildman–Crippen MR) is 101 cm³/mol. The number of urea groups is 1. The molecule has 0 aliphatic carbocycles. The topological polar surface area (TPSA) is 84.7 Å². The standard InChI is InChI=1S/C20H20F3N3O3/c1-3-10-19(12-4-7-14(29-2)8-5-12)17(27)26(18(28)25-19)13-6-9-16(24)15(11-13)20(21,22)23/h4-9,11H,3,10,24H2,1-2H3,(H,25,28). The lowest BCUT2D eigenvalue weighted by Gasteiger charge is -2.27. The molecule has 0 aromatic heterocycles. The Morgan fingerprint density at radius 3 is 2.34 bits per heavy atom. The van der Waals surface area contributed by atoms with Gasteiger partial charge >= 0.3 is 12.2 Å². The van der Waals surface area contributed by atoms with E-state index in [4.69, 9.17) is 10.5 Å². The van der Waals surface area contributed by atoms with Gasteiger partial charge in [0.1, 0.15) is 11.3 Å². The molecular formula is C20H20F3N3O3. The molecule has 0 saturated carbocycles. The number of imide groups is 1. The summed E-state index contributed by atoms with van der Waals surface area (Å²) in [5.74, 6) is -0.0743. The highest BCUT2D eigenvalue weighted by atomic mass is 19.4. The monoisotopic (exact) mass is 407 g/mol. The number of nitrogens with two attached hydrogens (primary N) is 1. The lowest BCUT2D eigenvalue weighted by molar-refractivity contribution is -0.137. The van der Waals surface area contributed by atoms with Crippen molar-refractivity contribution in [3.8, 4) is 5.75 Å². The maximum Gasteiger partial charge on any atom is 0.418 e. The number of halogens is 3. The number of anilines is 2. The van der Waals surface area contributed by atoms with Gasteiger partial charge in [0.2, 0.25) is 0 Å². The van der Waals surface area contributed by atoms with Crippen molar-refractivity contribution < 1.29 is 27.5 Å². The van der Waals surface area contributed by atoms with Crippen molar-refractivity contribution in [3.05, 3.63) is 53.6 Å². The summed E-state index contributed by atoms with van der Waals surface area (Å²) in [6.45, 7) is 1.85. The summed E-state index contributed by atoms with van der Waals surface area (Å²) in [5, 5.41) is 2.68. The summed E-state index contributed by atoms with van der Waals surface area (Å²) in [7, 11) is 1.50. The van der Waals surface area contributed by atoms with Crippen LogP contribution in [0.1, 0.15) is 30.9 Å². The summed E-state index contributed by atoms with van der Waals surface area (Å²) < 4.78 is 44.8. The Balaban J connectivity index is 2.07. The van der Waals surface area contributed by atoms with Gasteiger partial charge in [0.05, 0.1) is 18.4 Å². The van der Waals surface area contributed by atoms with E-state index in [0.29, 0.717) is 23.8 Å². The highest BCUT2D eigenvalue weighted by molar-refractivity contribution is 6.23. The van der Waals surface area contributed by atoms with Crippen LogP contribution in [0.25, 0.3) is 0 Å². The molecule has 6 nitrogen and oxygen atoms in total. The Morgan fingerprint density at radius 1 is 1.14 bits per heavy atom. The van der Waals surface area contributed by atoms with Crippen LogP contribution in [0.2, 0.25) is 0 Å². The Kier molecular flexibility index (Phi) is 5.16. The summed E-state index contributed by atoms with van der Waals surface area (Å²) in [6.07, 6.45) is -3.88. The van der Waals surface area contributed by atoms with Crippen LogP contribution in [-0.4, -0.2) is 19.0 Å². The van der Waals surface area contributed by atoms with Gasteiger partial charge in [-0.2, -0.15) is 13.2 Å². The average molecular weight is 407 g/mol. The fourth-order valence-corrected chi connectivity index (χ4v) is 3.50. The maximum atomic E-state index is 13.3. The third-order valence-corrected chi connectivity index (χ3v) is 4.90. The number of hydrogen-bond donors (Lipinski definition) is 2. The number of hydrogen-bond acceptors (Lipinski definition) is 4. The molecule has 154 valence electrons. The van der Waals surface area contributed by atoms with E-state index in [9.17, 15) is 22.8 Å². The number of carbonyl (C=O) groups excluding carboxylic acids is 2. The molecule has 1 aliphatic rings. The van der Waals surface area contributed by atoms with E-state index < -0.39 is 34.9 Å². The summed E-state index contributed by atoms with van der Waals surface area (Å²) in [4.78, 5) is 26.7. The van der Waals surface area contributed by atoms with Crippen molar-refractivity contribution in [1.82, 2.24) is 5.32 Å². The summed E-state index contributed by atoms with van der Waals surface area (Å²) in [5.41, 5.74) is 2.79. The fraction of sp³-hybridized carbons (Fsp3) is 0.300. The van der Waals surface area contributed by atoms with Gasteiger partial charge in [-0.15, -0.1) is 0 Å². The Hall–Kier alpha value is -3.23. The largest absolute Gasteiger partial charge is 0.497 e. The number of nitrogen functional groups attached to an aromatic ring is 1. The predicted octanol–water partition coefficient (Wildman–Crippen LogP) is 4.05. The first kappa shape index (κ1) is 20.5. The van der Waals surface area contributed by atoms with E-state index in [1.165, 1.54) is 13.2 Å². The SMILES string of the molecule is CCCC1(c2ccc(OC)cc2)NC(=O)N(c2ccc(N)c(C(F)(F)F)c2)C1=O. The van der Waals surface area contributed by atoms with Crippen LogP contribution in [0.5, 0.6) is 5.75 Å². The first-order chi connectivity index (χ1) is 13.6. The van der Waals surface area contributed by atoms with E-state index in [-0.39, 0.29) is 12.1 Å². The Labute approximate surface area is 165 Å². The number of carbonyl (C=O) groups is 2. The van der Waals surface area contributed by atoms with Gasteiger partial charge in [0.15, 0.2) is 0 Å². The molecule has 3 rings (SSSR count). The third kappa shape index (κ3) is 3.48. The lowest BCUT2D eigenvalue weighted by atomic mass is 9.85. The van der Waals surface area contributed by atoms with Gasteiger partial charge in [-0.05, 0) is 42.3 Å². The number of ether oxygens (including phenoxy) is 1. The maximum absolute atomic E-state index is 13.3. The zero-order valence-corrected chi connectivity index (χ0v) is 15.8. The number of methoxy groups -OCH3 is 1. The molecule has 1 saturated heterocycles. The molecule has 1 fully saturated rings. The molecule has 9 heteroatoms. The Bertz CT molecular complexity index is 944. The molecule has 0 spiro atoms. The van der Waals surface area contributed by atoms with Gasteiger partial charge in [0, 0.05) is 5.69 Å². The van der Waals surface area contributed by atoms with E-state index in [1.54, 1.807) is 24.3 Å². The van der Waals surface area contributed by atoms with Crippen molar-refractivity contribution in [1.29, 1.82) is 0 Å². The van der Waals surface area contributed by atoms with Crippen molar-refractivity contribution in [2.75, 3.05) is 17.7 Å². The van der Waals surface area contributed by atoms with Gasteiger partial charge in [-0.3, -0.25) is 4.79 Å². The number of nitrogens with zero attached hydrogens (tertiary/aromatic N) is 1. The number of nitrogens with one attached hydrogen (secondary N) is 1. The molecule has 2 aromatic rings. The summed E-state index contributed by atoms with van der Waals surface area (Å²) in [6, 6.07) is 8.78. The Morgan fingerprint density at radius 2 is 1.79 bits per heavy atom. The number of alkyl halides is 3. The molecule has 3 N–H and O–H groups in total. The van der Waals surface area contributed by atoms with Crippen molar-refractivity contribution in [2.24, 2.45) is 0 Å². The average Bonchev–Trinajstić information content (AvgIpc) is 2.92. The van der Waals surface area contributed by atoms with E-state index in [1.807, 2.05) is 6.92 Å². The van der Waals surface area contributed by atoms with Gasteiger partial charge in [-0.1, -0.05) is 25.5 Å². The molecule has 1 heterocycles. The molecule has 3 amide bonds. The fourth-order valence-electron chi connectivity index (χ4n) is 3.50. The van der Waals surface area contributed by atoms with E-state index >= 15 is 0 Å². The van der Waals surface area contributed by atoms with E-state index in [0.717, 1.165) is 11.0 Å². The van der Waals surface area contributed by atoms with Crippen LogP contribution in [0, 0.1) is 0 Å². The minimum absolute atomic E-state index is 0.194. The third-order valence-electron chi connectivity index (χ3n) is 4.90. The molecular weight excluding hydrogens is 387 g/mol. The van der Waals surface area contributed by atoms with Crippen molar-refractivity contribution >= 4 is 23.3 Å². The second kappa shape index (κ2) is 7.31. The molecule has 0 radical (unpaired) electrons. The van der Waals surface area contributed by atoms with Crippen molar-refractivity contribution in [3.63, 3.8) is 0 Å². The lowest BCUT2D eigenvalue weighted by Crippen LogP contribution is -2.44. The number of amides is 3. The second-order valence-electron chi connectivity index (χ2n) is 6.72. The highest BCUT2D eigenvalue weighted by Crippen LogP contribution is 2.40. The zero-order valence-electron chi connectivity index (χ0n) is 15.8. The smallest absolute Gasteiger partial charge is 0.418 e. The quantitative estimate of drug-likeness (QED) is 0.579.